The number of aromatic nitrogens is 4. The number of nitrogens with one attached hydrogen (secondary N) is 2. The first-order valence-corrected chi connectivity index (χ1v) is 9.84. The number of H-pyrrole nitrogens is 1. The second-order valence-corrected chi connectivity index (χ2v) is 7.77. The number of likely N-dealkylation sites (tertiary alicyclic amines) is 1. The van der Waals surface area contributed by atoms with E-state index in [1.807, 2.05) is 18.3 Å². The van der Waals surface area contributed by atoms with E-state index in [0.717, 1.165) is 65.2 Å². The van der Waals surface area contributed by atoms with Crippen LogP contribution in [0, 0.1) is 17.2 Å². The van der Waals surface area contributed by atoms with Gasteiger partial charge in [0.1, 0.15) is 11.0 Å². The molecular formula is C19H19N7S. The smallest absolute Gasteiger partial charge is 0.156 e. The Balaban J connectivity index is 1.68. The maximum atomic E-state index is 10.1. The van der Waals surface area contributed by atoms with E-state index in [9.17, 15) is 5.26 Å². The van der Waals surface area contributed by atoms with Gasteiger partial charge in [-0.15, -0.1) is 0 Å². The highest BCUT2D eigenvalue weighted by Gasteiger charge is 2.36. The van der Waals surface area contributed by atoms with Gasteiger partial charge in [0.05, 0.1) is 29.3 Å². The van der Waals surface area contributed by atoms with E-state index in [1.54, 1.807) is 0 Å². The Hall–Kier alpha value is -2.76. The summed E-state index contributed by atoms with van der Waals surface area (Å²) in [5.74, 6) is 0.983. The summed E-state index contributed by atoms with van der Waals surface area (Å²) in [4.78, 5) is 2.34. The zero-order chi connectivity index (χ0) is 18.4. The monoisotopic (exact) mass is 377 g/mol. The third kappa shape index (κ3) is 2.62. The van der Waals surface area contributed by atoms with E-state index in [1.165, 1.54) is 11.7 Å². The predicted molar refractivity (Wildman–Crippen MR) is 104 cm³/mol. The largest absolute Gasteiger partial charge is 0.341 e. The van der Waals surface area contributed by atoms with E-state index in [0.29, 0.717) is 5.92 Å². The number of fused-ring (bicyclic) bond motifs is 2. The summed E-state index contributed by atoms with van der Waals surface area (Å²) in [7, 11) is 2.15. The first kappa shape index (κ1) is 16.4. The molecule has 2 N–H and O–H groups in total. The minimum atomic E-state index is -0.174. The molecule has 0 spiro atoms. The van der Waals surface area contributed by atoms with E-state index in [4.69, 9.17) is 0 Å². The number of piperidine rings is 1. The first-order valence-electron chi connectivity index (χ1n) is 9.11. The van der Waals surface area contributed by atoms with Crippen molar-refractivity contribution in [1.82, 2.24) is 23.8 Å². The third-order valence-electron chi connectivity index (χ3n) is 5.69. The van der Waals surface area contributed by atoms with Crippen molar-refractivity contribution in [2.45, 2.75) is 18.8 Å². The Bertz CT molecular complexity index is 1070. The van der Waals surface area contributed by atoms with Gasteiger partial charge in [0, 0.05) is 23.4 Å². The molecule has 0 saturated carbocycles. The molecular weight excluding hydrogens is 358 g/mol. The summed E-state index contributed by atoms with van der Waals surface area (Å²) < 4.78 is 8.88. The van der Waals surface area contributed by atoms with Crippen molar-refractivity contribution in [3.05, 3.63) is 46.8 Å². The van der Waals surface area contributed by atoms with Crippen molar-refractivity contribution in [2.75, 3.05) is 25.5 Å². The average molecular weight is 377 g/mol. The third-order valence-corrected chi connectivity index (χ3v) is 6.23. The van der Waals surface area contributed by atoms with Crippen LogP contribution in [0.15, 0.2) is 35.7 Å². The van der Waals surface area contributed by atoms with Crippen molar-refractivity contribution >= 4 is 28.6 Å². The molecule has 1 aromatic carbocycles. The van der Waals surface area contributed by atoms with Gasteiger partial charge in [-0.3, -0.25) is 5.10 Å². The Morgan fingerprint density at radius 1 is 1.22 bits per heavy atom. The summed E-state index contributed by atoms with van der Waals surface area (Å²) in [6.45, 7) is 2.08. The van der Waals surface area contributed by atoms with Crippen molar-refractivity contribution in [3.63, 3.8) is 0 Å². The van der Waals surface area contributed by atoms with Gasteiger partial charge in [0.2, 0.25) is 0 Å². The summed E-state index contributed by atoms with van der Waals surface area (Å²) in [6, 6.07) is 8.53. The lowest BCUT2D eigenvalue weighted by Gasteiger charge is -2.34. The van der Waals surface area contributed by atoms with Gasteiger partial charge >= 0.3 is 0 Å². The number of hydrogen-bond donors (Lipinski definition) is 2. The molecule has 0 aliphatic carbocycles. The SMILES string of the molecule is CN1CCC(C2=C(C#N)C(c3cccc4nsnc34)c3c[nH]nc3N2)CC1. The fraction of sp³-hybridized carbons (Fsp3) is 0.368. The molecule has 2 aliphatic heterocycles. The van der Waals surface area contributed by atoms with Crippen LogP contribution in [0.1, 0.15) is 29.9 Å². The van der Waals surface area contributed by atoms with Gasteiger partial charge in [0.15, 0.2) is 5.82 Å². The van der Waals surface area contributed by atoms with Crippen LogP contribution < -0.4 is 5.32 Å². The zero-order valence-electron chi connectivity index (χ0n) is 14.9. The number of benzene rings is 1. The number of nitrogens with zero attached hydrogens (tertiary/aromatic N) is 5. The first-order chi connectivity index (χ1) is 13.3. The van der Waals surface area contributed by atoms with Crippen LogP contribution in [0.4, 0.5) is 5.82 Å². The highest BCUT2D eigenvalue weighted by Crippen LogP contribution is 2.45. The van der Waals surface area contributed by atoms with E-state index >= 15 is 0 Å². The highest BCUT2D eigenvalue weighted by atomic mass is 32.1. The molecule has 1 unspecified atom stereocenters. The second-order valence-electron chi connectivity index (χ2n) is 7.24. The average Bonchev–Trinajstić information content (AvgIpc) is 3.36. The summed E-state index contributed by atoms with van der Waals surface area (Å²) >= 11 is 1.21. The van der Waals surface area contributed by atoms with Crippen molar-refractivity contribution < 1.29 is 0 Å². The van der Waals surface area contributed by atoms with Crippen LogP contribution in [0.25, 0.3) is 11.0 Å². The van der Waals surface area contributed by atoms with Crippen LogP contribution in [0.3, 0.4) is 0 Å². The van der Waals surface area contributed by atoms with Gasteiger partial charge in [-0.25, -0.2) is 0 Å². The number of aromatic amines is 1. The zero-order valence-corrected chi connectivity index (χ0v) is 15.8. The fourth-order valence-corrected chi connectivity index (χ4v) is 4.81. The summed E-state index contributed by atoms with van der Waals surface area (Å²) in [5.41, 5.74) is 5.56. The van der Waals surface area contributed by atoms with Crippen molar-refractivity contribution in [2.24, 2.45) is 5.92 Å². The van der Waals surface area contributed by atoms with Gasteiger partial charge in [-0.05, 0) is 44.6 Å². The summed E-state index contributed by atoms with van der Waals surface area (Å²) in [5, 5.41) is 21.0. The van der Waals surface area contributed by atoms with Crippen LogP contribution in [0.2, 0.25) is 0 Å². The number of allylic oxidation sites excluding steroid dienone is 2. The maximum absolute atomic E-state index is 10.1. The molecule has 0 amide bonds. The number of hydrogen-bond acceptors (Lipinski definition) is 7. The lowest BCUT2D eigenvalue weighted by Crippen LogP contribution is -2.34. The second kappa shape index (κ2) is 6.44. The molecule has 136 valence electrons. The van der Waals surface area contributed by atoms with E-state index < -0.39 is 0 Å². The number of nitriles is 1. The van der Waals surface area contributed by atoms with Gasteiger partial charge in [-0.1, -0.05) is 12.1 Å². The highest BCUT2D eigenvalue weighted by molar-refractivity contribution is 7.00. The topological polar surface area (TPSA) is 93.5 Å². The van der Waals surface area contributed by atoms with Gasteiger partial charge in [-0.2, -0.15) is 19.1 Å². The fourth-order valence-electron chi connectivity index (χ4n) is 4.25. The van der Waals surface area contributed by atoms with Crippen molar-refractivity contribution in [3.8, 4) is 6.07 Å². The molecule has 1 saturated heterocycles. The molecule has 4 heterocycles. The van der Waals surface area contributed by atoms with Gasteiger partial charge in [0.25, 0.3) is 0 Å². The minimum Gasteiger partial charge on any atom is -0.341 e. The van der Waals surface area contributed by atoms with Crippen LogP contribution in [0.5, 0.6) is 0 Å². The molecule has 5 rings (SSSR count). The molecule has 1 atom stereocenters. The molecule has 3 aromatic rings. The quantitative estimate of drug-likeness (QED) is 0.713. The summed E-state index contributed by atoms with van der Waals surface area (Å²) in [6.07, 6.45) is 3.96. The minimum absolute atomic E-state index is 0.174. The lowest BCUT2D eigenvalue weighted by molar-refractivity contribution is 0.238. The van der Waals surface area contributed by atoms with Crippen molar-refractivity contribution in [1.29, 1.82) is 5.26 Å². The molecule has 2 aromatic heterocycles. The molecule has 27 heavy (non-hydrogen) atoms. The van der Waals surface area contributed by atoms with E-state index in [-0.39, 0.29) is 5.92 Å². The van der Waals surface area contributed by atoms with E-state index in [2.05, 4.69) is 48.3 Å². The maximum Gasteiger partial charge on any atom is 0.156 e. The molecule has 1 fully saturated rings. The van der Waals surface area contributed by atoms with Crippen LogP contribution in [-0.2, 0) is 0 Å². The molecule has 0 radical (unpaired) electrons. The van der Waals surface area contributed by atoms with Gasteiger partial charge < -0.3 is 10.2 Å². The standard InChI is InChI=1S/C19H19N7S/c1-26-7-5-11(6-8-26)17-13(9-20)16(14-10-21-23-19(14)22-17)12-3-2-4-15-18(12)25-27-24-15/h2-4,10-11,16H,5-8H2,1H3,(H2,21,22,23). The molecule has 0 bridgehead atoms. The normalized spacial score (nSPS) is 21.1. The Kier molecular flexibility index (Phi) is 3.92. The number of rotatable bonds is 2. The Morgan fingerprint density at radius 2 is 2.07 bits per heavy atom. The molecule has 8 heteroatoms. The predicted octanol–water partition coefficient (Wildman–Crippen LogP) is 3.09. The lowest BCUT2D eigenvalue weighted by atomic mass is 9.78. The Labute approximate surface area is 161 Å². The molecule has 2 aliphatic rings. The van der Waals surface area contributed by atoms with Crippen LogP contribution >= 0.6 is 11.7 Å². The Morgan fingerprint density at radius 3 is 2.89 bits per heavy atom. The van der Waals surface area contributed by atoms with Crippen LogP contribution in [-0.4, -0.2) is 44.0 Å². The molecule has 7 nitrogen and oxygen atoms in total. The number of anilines is 1.